The number of rotatable bonds is 7. The second-order valence-corrected chi connectivity index (χ2v) is 15.3. The molecule has 0 radical (unpaired) electrons. The summed E-state index contributed by atoms with van der Waals surface area (Å²) in [7, 11) is -1.19. The van der Waals surface area contributed by atoms with E-state index >= 15 is 0 Å². The van der Waals surface area contributed by atoms with Gasteiger partial charge in [-0.05, 0) is 44.1 Å². The molecular formula is C24H35NO7Si. The van der Waals surface area contributed by atoms with Crippen molar-refractivity contribution < 1.29 is 32.9 Å². The lowest BCUT2D eigenvalue weighted by atomic mass is 9.77. The molecule has 3 atom stereocenters. The number of nitriles is 1. The molecule has 9 heteroatoms. The van der Waals surface area contributed by atoms with Gasteiger partial charge in [0.05, 0.1) is 26.2 Å². The normalized spacial score (nSPS) is 22.3. The molecule has 0 saturated carbocycles. The highest BCUT2D eigenvalue weighted by molar-refractivity contribution is 6.74. The van der Waals surface area contributed by atoms with Crippen molar-refractivity contribution >= 4 is 14.3 Å². The van der Waals surface area contributed by atoms with Crippen LogP contribution in [0.2, 0.25) is 18.1 Å². The van der Waals surface area contributed by atoms with Gasteiger partial charge in [0.15, 0.2) is 31.2 Å². The highest BCUT2D eigenvalue weighted by atomic mass is 28.4. The highest BCUT2D eigenvalue weighted by Crippen LogP contribution is 2.49. The minimum absolute atomic E-state index is 0.0722. The Morgan fingerprint density at radius 2 is 1.94 bits per heavy atom. The van der Waals surface area contributed by atoms with Gasteiger partial charge in [0.1, 0.15) is 6.07 Å². The van der Waals surface area contributed by atoms with Gasteiger partial charge in [0, 0.05) is 11.5 Å². The molecule has 1 aromatic rings. The summed E-state index contributed by atoms with van der Waals surface area (Å²) in [5, 5.41) is 10.6. The third-order valence-electron chi connectivity index (χ3n) is 6.81. The van der Waals surface area contributed by atoms with E-state index in [4.69, 9.17) is 28.1 Å². The maximum atomic E-state index is 12.6. The van der Waals surface area contributed by atoms with Crippen LogP contribution in [-0.2, 0) is 29.0 Å². The fourth-order valence-corrected chi connectivity index (χ4v) is 5.34. The molecule has 0 aromatic heterocycles. The molecule has 0 spiro atoms. The van der Waals surface area contributed by atoms with Crippen LogP contribution in [0.4, 0.5) is 0 Å². The monoisotopic (exact) mass is 477 g/mol. The Hall–Kier alpha value is -2.12. The topological polar surface area (TPSA) is 96.2 Å². The molecule has 0 amide bonds. The van der Waals surface area contributed by atoms with E-state index in [1.807, 2.05) is 13.8 Å². The van der Waals surface area contributed by atoms with Crippen molar-refractivity contribution in [3.05, 3.63) is 23.8 Å². The number of benzene rings is 1. The Morgan fingerprint density at radius 3 is 2.48 bits per heavy atom. The predicted octanol–water partition coefficient (Wildman–Crippen LogP) is 4.49. The number of nitrogens with zero attached hydrogens (tertiary/aromatic N) is 1. The minimum Gasteiger partial charge on any atom is -0.469 e. The maximum absolute atomic E-state index is 12.6. The molecule has 182 valence electrons. The van der Waals surface area contributed by atoms with Crippen LogP contribution >= 0.6 is 0 Å². The second-order valence-electron chi connectivity index (χ2n) is 10.5. The van der Waals surface area contributed by atoms with E-state index in [1.54, 1.807) is 18.2 Å². The van der Waals surface area contributed by atoms with E-state index in [-0.39, 0.29) is 24.9 Å². The third kappa shape index (κ3) is 5.04. The fourth-order valence-electron chi connectivity index (χ4n) is 3.92. The van der Waals surface area contributed by atoms with Gasteiger partial charge in [0.25, 0.3) is 0 Å². The van der Waals surface area contributed by atoms with Crippen molar-refractivity contribution in [3.63, 3.8) is 0 Å². The summed E-state index contributed by atoms with van der Waals surface area (Å²) in [5.41, 5.74) is -0.923. The molecule has 1 fully saturated rings. The average Bonchev–Trinajstić information content (AvgIpc) is 3.34. The Kier molecular flexibility index (Phi) is 6.89. The van der Waals surface area contributed by atoms with Gasteiger partial charge in [-0.25, -0.2) is 0 Å². The summed E-state index contributed by atoms with van der Waals surface area (Å²) >= 11 is 0. The quantitative estimate of drug-likeness (QED) is 0.419. The van der Waals surface area contributed by atoms with Crippen LogP contribution in [0.1, 0.15) is 46.6 Å². The van der Waals surface area contributed by atoms with Gasteiger partial charge in [-0.15, -0.1) is 0 Å². The summed E-state index contributed by atoms with van der Waals surface area (Å²) in [6.07, 6.45) is -0.633. The lowest BCUT2D eigenvalue weighted by Gasteiger charge is -2.46. The average molecular weight is 478 g/mol. The Labute approximate surface area is 197 Å². The third-order valence-corrected chi connectivity index (χ3v) is 11.3. The van der Waals surface area contributed by atoms with Gasteiger partial charge in [-0.2, -0.15) is 5.26 Å². The molecule has 2 heterocycles. The van der Waals surface area contributed by atoms with E-state index in [2.05, 4.69) is 39.9 Å². The van der Waals surface area contributed by atoms with E-state index in [9.17, 15) is 10.1 Å². The Balaban J connectivity index is 2.19. The molecule has 1 saturated heterocycles. The standard InChI is InChI=1S/C24H35NO7Si/c1-22(2,3)33(7,8)32-24(14-25,16-9-10-18-19(11-16)29-15-28-18)17(12-21(26)27-6)20-13-30-23(4,5)31-20/h9-11,17,20H,12-13,15H2,1-8H3/t17-,20-,24?/m0/s1. The van der Waals surface area contributed by atoms with Crippen molar-refractivity contribution in [2.24, 2.45) is 5.92 Å². The van der Waals surface area contributed by atoms with Crippen molar-refractivity contribution in [2.75, 3.05) is 20.5 Å². The number of carbonyl (C=O) groups excluding carboxylic acids is 1. The van der Waals surface area contributed by atoms with Crippen molar-refractivity contribution in [2.45, 2.75) is 76.7 Å². The lowest BCUT2D eigenvalue weighted by Crippen LogP contribution is -2.54. The Bertz CT molecular complexity index is 934. The summed E-state index contributed by atoms with van der Waals surface area (Å²) in [4.78, 5) is 12.6. The minimum atomic E-state index is -2.52. The van der Waals surface area contributed by atoms with E-state index < -0.39 is 37.7 Å². The molecule has 0 bridgehead atoms. The summed E-state index contributed by atoms with van der Waals surface area (Å²) in [6, 6.07) is 7.79. The highest BCUT2D eigenvalue weighted by Gasteiger charge is 2.55. The van der Waals surface area contributed by atoms with E-state index in [0.29, 0.717) is 17.1 Å². The second kappa shape index (κ2) is 8.91. The van der Waals surface area contributed by atoms with Crippen LogP contribution in [0.3, 0.4) is 0 Å². The molecular weight excluding hydrogens is 442 g/mol. The summed E-state index contributed by atoms with van der Waals surface area (Å²) in [6.45, 7) is 14.4. The SMILES string of the molecule is COC(=O)C[C@@H]([C@@H]1COC(C)(C)O1)C(C#N)(O[Si](C)(C)C(C)(C)C)c1ccc2c(c1)OCO2. The van der Waals surface area contributed by atoms with Crippen LogP contribution in [-0.4, -0.2) is 46.7 Å². The fraction of sp³-hybridized carbons (Fsp3) is 0.667. The van der Waals surface area contributed by atoms with E-state index in [0.717, 1.165) is 0 Å². The van der Waals surface area contributed by atoms with Crippen LogP contribution in [0, 0.1) is 17.2 Å². The van der Waals surface area contributed by atoms with Gasteiger partial charge >= 0.3 is 5.97 Å². The number of hydrogen-bond acceptors (Lipinski definition) is 8. The molecule has 1 unspecified atom stereocenters. The van der Waals surface area contributed by atoms with Crippen molar-refractivity contribution in [1.29, 1.82) is 5.26 Å². The number of ether oxygens (including phenoxy) is 5. The predicted molar refractivity (Wildman–Crippen MR) is 123 cm³/mol. The first kappa shape index (κ1) is 25.5. The molecule has 8 nitrogen and oxygen atoms in total. The molecule has 0 N–H and O–H groups in total. The van der Waals surface area contributed by atoms with Crippen LogP contribution < -0.4 is 9.47 Å². The largest absolute Gasteiger partial charge is 0.469 e. The van der Waals surface area contributed by atoms with Crippen molar-refractivity contribution in [3.8, 4) is 17.6 Å². The number of fused-ring (bicyclic) bond motifs is 1. The van der Waals surface area contributed by atoms with Gasteiger partial charge < -0.3 is 28.1 Å². The van der Waals surface area contributed by atoms with Gasteiger partial charge in [0.2, 0.25) is 6.79 Å². The number of methoxy groups -OCH3 is 1. The lowest BCUT2D eigenvalue weighted by molar-refractivity contribution is -0.162. The maximum Gasteiger partial charge on any atom is 0.306 e. The number of esters is 1. The first-order valence-electron chi connectivity index (χ1n) is 11.1. The molecule has 2 aliphatic heterocycles. The zero-order valence-corrected chi connectivity index (χ0v) is 21.8. The summed E-state index contributed by atoms with van der Waals surface area (Å²) < 4.78 is 35.0. The zero-order valence-electron chi connectivity index (χ0n) is 20.8. The number of hydrogen-bond donors (Lipinski definition) is 0. The summed E-state index contributed by atoms with van der Waals surface area (Å²) in [5.74, 6) is -0.846. The van der Waals surface area contributed by atoms with Crippen LogP contribution in [0.5, 0.6) is 11.5 Å². The van der Waals surface area contributed by atoms with Crippen molar-refractivity contribution in [1.82, 2.24) is 0 Å². The Morgan fingerprint density at radius 1 is 1.27 bits per heavy atom. The first-order valence-corrected chi connectivity index (χ1v) is 14.1. The van der Waals surface area contributed by atoms with E-state index in [1.165, 1.54) is 7.11 Å². The molecule has 1 aromatic carbocycles. The molecule has 3 rings (SSSR count). The molecule has 33 heavy (non-hydrogen) atoms. The van der Waals surface area contributed by atoms with Gasteiger partial charge in [-0.1, -0.05) is 26.8 Å². The van der Waals surface area contributed by atoms with Crippen LogP contribution in [0.15, 0.2) is 18.2 Å². The molecule has 0 aliphatic carbocycles. The van der Waals surface area contributed by atoms with Crippen LogP contribution in [0.25, 0.3) is 0 Å². The van der Waals surface area contributed by atoms with Gasteiger partial charge in [-0.3, -0.25) is 4.79 Å². The number of carbonyl (C=O) groups is 1. The zero-order chi connectivity index (χ0) is 24.7. The first-order chi connectivity index (χ1) is 15.2. The smallest absolute Gasteiger partial charge is 0.306 e. The molecule has 2 aliphatic rings.